The first-order chi connectivity index (χ1) is 19.4. The molecule has 1 aliphatic carbocycles. The molecule has 182 valence electrons. The molecule has 0 amide bonds. The predicted molar refractivity (Wildman–Crippen MR) is 166 cm³/mol. The van der Waals surface area contributed by atoms with E-state index in [-0.39, 0.29) is 5.92 Å². The maximum absolute atomic E-state index is 2.39. The molecular weight excluding hydrogens is 468 g/mol. The Labute approximate surface area is 228 Å². The molecule has 0 aliphatic heterocycles. The van der Waals surface area contributed by atoms with Gasteiger partial charge in [-0.05, 0) is 83.4 Å². The highest BCUT2D eigenvalue weighted by Gasteiger charge is 2.35. The van der Waals surface area contributed by atoms with Gasteiger partial charge in [0, 0.05) is 5.92 Å². The summed E-state index contributed by atoms with van der Waals surface area (Å²) < 4.78 is 0. The molecule has 1 aliphatic rings. The Morgan fingerprint density at radius 1 is 0.359 bits per heavy atom. The summed E-state index contributed by atoms with van der Waals surface area (Å²) in [7, 11) is 0. The highest BCUT2D eigenvalue weighted by Crippen LogP contribution is 2.54. The van der Waals surface area contributed by atoms with Crippen molar-refractivity contribution in [1.82, 2.24) is 0 Å². The zero-order valence-corrected chi connectivity index (χ0v) is 21.5. The molecular formula is C39H26. The lowest BCUT2D eigenvalue weighted by Gasteiger charge is -2.22. The van der Waals surface area contributed by atoms with Crippen molar-refractivity contribution in [3.63, 3.8) is 0 Å². The van der Waals surface area contributed by atoms with Crippen molar-refractivity contribution in [2.24, 2.45) is 0 Å². The van der Waals surface area contributed by atoms with Crippen molar-refractivity contribution in [1.29, 1.82) is 0 Å². The summed E-state index contributed by atoms with van der Waals surface area (Å²) in [6.07, 6.45) is 0. The maximum Gasteiger partial charge on any atom is 0.0364 e. The monoisotopic (exact) mass is 494 g/mol. The molecule has 0 saturated heterocycles. The van der Waals surface area contributed by atoms with Gasteiger partial charge in [-0.2, -0.15) is 0 Å². The predicted octanol–water partition coefficient (Wildman–Crippen LogP) is 10.3. The van der Waals surface area contributed by atoms with Crippen molar-refractivity contribution < 1.29 is 0 Å². The van der Waals surface area contributed by atoms with Crippen LogP contribution in [0.25, 0.3) is 43.5 Å². The van der Waals surface area contributed by atoms with Gasteiger partial charge in [0.2, 0.25) is 0 Å². The Balaban J connectivity index is 1.51. The van der Waals surface area contributed by atoms with E-state index < -0.39 is 0 Å². The molecule has 0 aromatic heterocycles. The Morgan fingerprint density at radius 3 is 1.82 bits per heavy atom. The van der Waals surface area contributed by atoms with E-state index in [1.807, 2.05) is 0 Å². The van der Waals surface area contributed by atoms with E-state index >= 15 is 0 Å². The Bertz CT molecular complexity index is 2050. The van der Waals surface area contributed by atoms with E-state index in [4.69, 9.17) is 0 Å². The van der Waals surface area contributed by atoms with E-state index in [1.165, 1.54) is 71.3 Å². The van der Waals surface area contributed by atoms with E-state index in [0.29, 0.717) is 0 Å². The van der Waals surface area contributed by atoms with Crippen LogP contribution in [0.2, 0.25) is 0 Å². The zero-order valence-electron chi connectivity index (χ0n) is 21.5. The van der Waals surface area contributed by atoms with E-state index in [1.54, 1.807) is 0 Å². The normalized spacial score (nSPS) is 14.8. The minimum atomic E-state index is 0.118. The fourth-order valence-corrected chi connectivity index (χ4v) is 6.65. The number of hydrogen-bond acceptors (Lipinski definition) is 0. The molecule has 1 atom stereocenters. The summed E-state index contributed by atoms with van der Waals surface area (Å²) in [5.41, 5.74) is 9.37. The van der Waals surface area contributed by atoms with Gasteiger partial charge in [-0.15, -0.1) is 0 Å². The molecule has 0 heterocycles. The molecule has 0 radical (unpaired) electrons. The third kappa shape index (κ3) is 3.46. The van der Waals surface area contributed by atoms with E-state index in [9.17, 15) is 0 Å². The molecule has 1 unspecified atom stereocenters. The van der Waals surface area contributed by atoms with Gasteiger partial charge in [-0.3, -0.25) is 0 Å². The fourth-order valence-electron chi connectivity index (χ4n) is 6.65. The largest absolute Gasteiger partial charge is 0.0622 e. The molecule has 0 N–H and O–H groups in total. The third-order valence-electron chi connectivity index (χ3n) is 8.33. The number of allylic oxidation sites excluding steroid dienone is 1. The van der Waals surface area contributed by atoms with Gasteiger partial charge in [-0.25, -0.2) is 0 Å². The average molecular weight is 495 g/mol. The SMILES string of the molecule is c1ccc(C2=C(c3cccc4ccccc34)C(c3cccc4cc5ccccc5cc34)c3ccccc32)cc1. The highest BCUT2D eigenvalue weighted by molar-refractivity contribution is 6.13. The molecule has 7 aromatic rings. The number of hydrogen-bond donors (Lipinski definition) is 0. The van der Waals surface area contributed by atoms with Gasteiger partial charge in [0.1, 0.15) is 0 Å². The first-order valence-electron chi connectivity index (χ1n) is 13.7. The van der Waals surface area contributed by atoms with Crippen molar-refractivity contribution in [2.45, 2.75) is 5.92 Å². The minimum Gasteiger partial charge on any atom is -0.0622 e. The second kappa shape index (κ2) is 8.82. The lowest BCUT2D eigenvalue weighted by molar-refractivity contribution is 1.08. The molecule has 39 heavy (non-hydrogen) atoms. The number of fused-ring (bicyclic) bond motifs is 4. The first-order valence-corrected chi connectivity index (χ1v) is 13.7. The lowest BCUT2D eigenvalue weighted by Crippen LogP contribution is -2.03. The second-order valence-electron chi connectivity index (χ2n) is 10.5. The molecule has 0 heteroatoms. The van der Waals surface area contributed by atoms with Crippen LogP contribution in [0.15, 0.2) is 152 Å². The van der Waals surface area contributed by atoms with E-state index in [0.717, 1.165) is 0 Å². The summed E-state index contributed by atoms with van der Waals surface area (Å²) in [6, 6.07) is 55.8. The molecule has 8 rings (SSSR count). The van der Waals surface area contributed by atoms with Crippen molar-refractivity contribution in [3.05, 3.63) is 179 Å². The average Bonchev–Trinajstić information content (AvgIpc) is 3.34. The van der Waals surface area contributed by atoms with Crippen LogP contribution in [0.4, 0.5) is 0 Å². The highest BCUT2D eigenvalue weighted by atomic mass is 14.4. The van der Waals surface area contributed by atoms with Crippen LogP contribution in [0.1, 0.15) is 33.7 Å². The van der Waals surface area contributed by atoms with Crippen LogP contribution < -0.4 is 0 Å². The molecule has 0 spiro atoms. The zero-order chi connectivity index (χ0) is 25.8. The topological polar surface area (TPSA) is 0 Å². The van der Waals surface area contributed by atoms with Crippen LogP contribution in [-0.4, -0.2) is 0 Å². The Kier molecular flexibility index (Phi) is 5.00. The van der Waals surface area contributed by atoms with Gasteiger partial charge in [0.15, 0.2) is 0 Å². The van der Waals surface area contributed by atoms with Gasteiger partial charge in [-0.1, -0.05) is 140 Å². The van der Waals surface area contributed by atoms with Crippen molar-refractivity contribution in [2.75, 3.05) is 0 Å². The summed E-state index contributed by atoms with van der Waals surface area (Å²) in [5, 5.41) is 7.74. The summed E-state index contributed by atoms with van der Waals surface area (Å²) in [5.74, 6) is 0.118. The van der Waals surface area contributed by atoms with Gasteiger partial charge in [0.25, 0.3) is 0 Å². The second-order valence-corrected chi connectivity index (χ2v) is 10.5. The standard InChI is InChI=1S/C39H26/c1-2-13-27(14-3-1)37-33-20-8-9-21-34(33)38(39(37)32-22-10-17-26-12-6-7-19-31(26)32)35-23-11-18-30-24-28-15-4-5-16-29(28)25-36(30)35/h1-25,38H. The van der Waals surface area contributed by atoms with Crippen LogP contribution in [0.3, 0.4) is 0 Å². The van der Waals surface area contributed by atoms with Gasteiger partial charge >= 0.3 is 0 Å². The number of rotatable bonds is 3. The third-order valence-corrected chi connectivity index (χ3v) is 8.33. The van der Waals surface area contributed by atoms with Crippen LogP contribution in [0, 0.1) is 0 Å². The van der Waals surface area contributed by atoms with Crippen LogP contribution in [0.5, 0.6) is 0 Å². The molecule has 7 aromatic carbocycles. The van der Waals surface area contributed by atoms with Gasteiger partial charge in [0.05, 0.1) is 0 Å². The number of benzene rings is 7. The van der Waals surface area contributed by atoms with E-state index in [2.05, 4.69) is 152 Å². The summed E-state index contributed by atoms with van der Waals surface area (Å²) in [6.45, 7) is 0. The summed E-state index contributed by atoms with van der Waals surface area (Å²) in [4.78, 5) is 0. The fraction of sp³-hybridized carbons (Fsp3) is 0.0256. The molecule has 0 bridgehead atoms. The molecule has 0 fully saturated rings. The minimum absolute atomic E-state index is 0.118. The lowest BCUT2D eigenvalue weighted by atomic mass is 9.81. The van der Waals surface area contributed by atoms with Gasteiger partial charge < -0.3 is 0 Å². The smallest absolute Gasteiger partial charge is 0.0364 e. The quantitative estimate of drug-likeness (QED) is 0.214. The van der Waals surface area contributed by atoms with Crippen molar-refractivity contribution in [3.8, 4) is 0 Å². The summed E-state index contributed by atoms with van der Waals surface area (Å²) >= 11 is 0. The molecule has 0 nitrogen and oxygen atoms in total. The Morgan fingerprint density at radius 2 is 0.949 bits per heavy atom. The van der Waals surface area contributed by atoms with Crippen LogP contribution >= 0.6 is 0 Å². The maximum atomic E-state index is 2.39. The first kappa shape index (κ1) is 22.1. The Hall–Kier alpha value is -4.94. The van der Waals surface area contributed by atoms with Crippen LogP contribution in [-0.2, 0) is 0 Å². The molecule has 0 saturated carbocycles. The van der Waals surface area contributed by atoms with Crippen molar-refractivity contribution >= 4 is 43.5 Å².